The molecule has 100 valence electrons. The molecule has 0 saturated heterocycles. The lowest BCUT2D eigenvalue weighted by molar-refractivity contribution is 0.432. The number of nitrogens with two attached hydrogens (primary N) is 1. The van der Waals surface area contributed by atoms with Crippen LogP contribution >= 0.6 is 15.9 Å². The predicted molar refractivity (Wildman–Crippen MR) is 77.2 cm³/mol. The van der Waals surface area contributed by atoms with Crippen molar-refractivity contribution in [1.29, 1.82) is 0 Å². The minimum Gasteiger partial charge on any atom is -0.399 e. The molecule has 0 atom stereocenters. The van der Waals surface area contributed by atoms with E-state index in [9.17, 15) is 4.39 Å². The Hall–Kier alpha value is -2.21. The van der Waals surface area contributed by atoms with E-state index in [0.29, 0.717) is 27.4 Å². The Bertz CT molecular complexity index is 752. The molecule has 0 fully saturated rings. The number of anilines is 1. The minimum absolute atomic E-state index is 0.322. The van der Waals surface area contributed by atoms with Crippen molar-refractivity contribution in [3.63, 3.8) is 0 Å². The summed E-state index contributed by atoms with van der Waals surface area (Å²) in [7, 11) is 0. The smallest absolute Gasteiger partial charge is 0.258 e. The van der Waals surface area contributed by atoms with Crippen LogP contribution in [0.1, 0.15) is 0 Å². The van der Waals surface area contributed by atoms with Gasteiger partial charge in [-0.3, -0.25) is 0 Å². The van der Waals surface area contributed by atoms with E-state index in [-0.39, 0.29) is 5.82 Å². The van der Waals surface area contributed by atoms with Gasteiger partial charge in [0.15, 0.2) is 0 Å². The average molecular weight is 334 g/mol. The lowest BCUT2D eigenvalue weighted by Crippen LogP contribution is -1.86. The monoisotopic (exact) mass is 333 g/mol. The Labute approximate surface area is 122 Å². The van der Waals surface area contributed by atoms with Crippen molar-refractivity contribution in [2.24, 2.45) is 0 Å². The third kappa shape index (κ3) is 2.55. The zero-order chi connectivity index (χ0) is 14.1. The standard InChI is InChI=1S/C14H9BrFN3O/c15-10-4-9(5-11(16)7-10)13-18-14(20-19-13)8-2-1-3-12(17)6-8/h1-7H,17H2. The summed E-state index contributed by atoms with van der Waals surface area (Å²) in [5.74, 6) is 0.292. The van der Waals surface area contributed by atoms with Crippen LogP contribution < -0.4 is 5.73 Å². The van der Waals surface area contributed by atoms with Gasteiger partial charge < -0.3 is 10.3 Å². The van der Waals surface area contributed by atoms with E-state index in [1.807, 2.05) is 6.07 Å². The Kier molecular flexibility index (Phi) is 3.23. The molecule has 4 nitrogen and oxygen atoms in total. The molecule has 2 aromatic carbocycles. The molecular formula is C14H9BrFN3O. The number of hydrogen-bond acceptors (Lipinski definition) is 4. The van der Waals surface area contributed by atoms with E-state index in [4.69, 9.17) is 10.3 Å². The molecule has 6 heteroatoms. The summed E-state index contributed by atoms with van der Waals surface area (Å²) in [6.45, 7) is 0. The van der Waals surface area contributed by atoms with E-state index in [2.05, 4.69) is 26.1 Å². The zero-order valence-electron chi connectivity index (χ0n) is 10.2. The number of benzene rings is 2. The average Bonchev–Trinajstić information content (AvgIpc) is 2.87. The van der Waals surface area contributed by atoms with Crippen molar-refractivity contribution in [1.82, 2.24) is 10.1 Å². The van der Waals surface area contributed by atoms with Crippen LogP contribution in [0.15, 0.2) is 51.5 Å². The number of hydrogen-bond donors (Lipinski definition) is 1. The number of aromatic nitrogens is 2. The summed E-state index contributed by atoms with van der Waals surface area (Å²) in [5, 5.41) is 3.86. The lowest BCUT2D eigenvalue weighted by Gasteiger charge is -1.97. The van der Waals surface area contributed by atoms with Gasteiger partial charge in [0.25, 0.3) is 5.89 Å². The van der Waals surface area contributed by atoms with E-state index < -0.39 is 0 Å². The molecule has 0 saturated carbocycles. The highest BCUT2D eigenvalue weighted by molar-refractivity contribution is 9.10. The molecule has 0 radical (unpaired) electrons. The van der Waals surface area contributed by atoms with Gasteiger partial charge in [0, 0.05) is 21.3 Å². The first-order chi connectivity index (χ1) is 9.61. The van der Waals surface area contributed by atoms with Gasteiger partial charge in [0.2, 0.25) is 5.82 Å². The highest BCUT2D eigenvalue weighted by Crippen LogP contribution is 2.26. The van der Waals surface area contributed by atoms with Crippen molar-refractivity contribution in [3.05, 3.63) is 52.8 Å². The van der Waals surface area contributed by atoms with Crippen LogP contribution in [0, 0.1) is 5.82 Å². The highest BCUT2D eigenvalue weighted by Gasteiger charge is 2.12. The van der Waals surface area contributed by atoms with Crippen molar-refractivity contribution in [2.45, 2.75) is 0 Å². The van der Waals surface area contributed by atoms with Crippen molar-refractivity contribution in [2.75, 3.05) is 5.73 Å². The fourth-order valence-corrected chi connectivity index (χ4v) is 2.28. The van der Waals surface area contributed by atoms with Gasteiger partial charge in [0.1, 0.15) is 5.82 Å². The van der Waals surface area contributed by atoms with E-state index in [0.717, 1.165) is 5.56 Å². The first kappa shape index (κ1) is 12.8. The number of nitrogen functional groups attached to an aromatic ring is 1. The third-order valence-electron chi connectivity index (χ3n) is 2.68. The van der Waals surface area contributed by atoms with Gasteiger partial charge >= 0.3 is 0 Å². The van der Waals surface area contributed by atoms with Crippen LogP contribution in [0.3, 0.4) is 0 Å². The first-order valence-corrected chi connectivity index (χ1v) is 6.57. The maximum absolute atomic E-state index is 13.4. The normalized spacial score (nSPS) is 10.7. The van der Waals surface area contributed by atoms with Crippen molar-refractivity contribution in [3.8, 4) is 22.8 Å². The van der Waals surface area contributed by atoms with Crippen LogP contribution in [-0.4, -0.2) is 10.1 Å². The fraction of sp³-hybridized carbons (Fsp3) is 0. The molecule has 0 unspecified atom stereocenters. The summed E-state index contributed by atoms with van der Waals surface area (Å²) in [6.07, 6.45) is 0. The Morgan fingerprint density at radius 3 is 2.70 bits per heavy atom. The van der Waals surface area contributed by atoms with Crippen molar-refractivity contribution >= 4 is 21.6 Å². The second kappa shape index (κ2) is 5.05. The molecule has 2 N–H and O–H groups in total. The van der Waals surface area contributed by atoms with Gasteiger partial charge in [-0.25, -0.2) is 4.39 Å². The first-order valence-electron chi connectivity index (χ1n) is 5.78. The summed E-state index contributed by atoms with van der Waals surface area (Å²) in [5.41, 5.74) is 7.57. The SMILES string of the molecule is Nc1cccc(-c2nc(-c3cc(F)cc(Br)c3)no2)c1. The number of nitrogens with zero attached hydrogens (tertiary/aromatic N) is 2. The van der Waals surface area contributed by atoms with Gasteiger partial charge in [0.05, 0.1) is 0 Å². The van der Waals surface area contributed by atoms with E-state index in [1.54, 1.807) is 24.3 Å². The molecule has 1 heterocycles. The summed E-state index contributed by atoms with van der Waals surface area (Å²) >= 11 is 3.23. The van der Waals surface area contributed by atoms with Gasteiger partial charge in [-0.2, -0.15) is 4.98 Å². The molecule has 0 bridgehead atoms. The summed E-state index contributed by atoms with van der Waals surface area (Å²) in [6, 6.07) is 11.5. The summed E-state index contributed by atoms with van der Waals surface area (Å²) in [4.78, 5) is 4.25. The van der Waals surface area contributed by atoms with E-state index >= 15 is 0 Å². The zero-order valence-corrected chi connectivity index (χ0v) is 11.8. The molecule has 1 aromatic heterocycles. The Morgan fingerprint density at radius 2 is 1.95 bits per heavy atom. The maximum atomic E-state index is 13.4. The molecule has 0 spiro atoms. The second-order valence-corrected chi connectivity index (χ2v) is 5.12. The molecule has 20 heavy (non-hydrogen) atoms. The largest absolute Gasteiger partial charge is 0.399 e. The molecule has 3 aromatic rings. The van der Waals surface area contributed by atoms with Gasteiger partial charge in [-0.05, 0) is 36.4 Å². The Morgan fingerprint density at radius 1 is 1.10 bits per heavy atom. The molecule has 0 aliphatic carbocycles. The summed E-state index contributed by atoms with van der Waals surface area (Å²) < 4.78 is 19.2. The van der Waals surface area contributed by atoms with E-state index in [1.165, 1.54) is 12.1 Å². The quantitative estimate of drug-likeness (QED) is 0.722. The lowest BCUT2D eigenvalue weighted by atomic mass is 10.2. The van der Waals surface area contributed by atoms with Gasteiger partial charge in [-0.1, -0.05) is 27.2 Å². The number of halogens is 2. The van der Waals surface area contributed by atoms with Crippen LogP contribution in [0.25, 0.3) is 22.8 Å². The van der Waals surface area contributed by atoms with Crippen LogP contribution in [0.5, 0.6) is 0 Å². The minimum atomic E-state index is -0.371. The maximum Gasteiger partial charge on any atom is 0.258 e. The van der Waals surface area contributed by atoms with Crippen LogP contribution in [0.4, 0.5) is 10.1 Å². The van der Waals surface area contributed by atoms with Crippen molar-refractivity contribution < 1.29 is 8.91 Å². The van der Waals surface area contributed by atoms with Gasteiger partial charge in [-0.15, -0.1) is 0 Å². The molecule has 0 aliphatic rings. The predicted octanol–water partition coefficient (Wildman–Crippen LogP) is 3.89. The molecule has 3 rings (SSSR count). The molecule has 0 aliphatic heterocycles. The third-order valence-corrected chi connectivity index (χ3v) is 3.14. The second-order valence-electron chi connectivity index (χ2n) is 4.21. The molecule has 0 amide bonds. The van der Waals surface area contributed by atoms with Crippen LogP contribution in [-0.2, 0) is 0 Å². The topological polar surface area (TPSA) is 64.9 Å². The Balaban J connectivity index is 2.02. The fourth-order valence-electron chi connectivity index (χ4n) is 1.81. The highest BCUT2D eigenvalue weighted by atomic mass is 79.9. The van der Waals surface area contributed by atoms with Crippen LogP contribution in [0.2, 0.25) is 0 Å². The number of rotatable bonds is 2. The molecular weight excluding hydrogens is 325 g/mol.